The van der Waals surface area contributed by atoms with Crippen LogP contribution in [0.4, 0.5) is 10.1 Å². The van der Waals surface area contributed by atoms with Crippen molar-refractivity contribution in [2.75, 3.05) is 12.5 Å². The number of carbonyl (C=O) groups is 1. The number of methoxy groups -OCH3 is 1. The number of pyridine rings is 1. The van der Waals surface area contributed by atoms with E-state index in [1.165, 1.54) is 25.4 Å². The van der Waals surface area contributed by atoms with Crippen LogP contribution in [-0.2, 0) is 0 Å². The summed E-state index contributed by atoms with van der Waals surface area (Å²) in [7, 11) is 1.49. The normalized spacial score (nSPS) is 10.1. The molecule has 2 heterocycles. The van der Waals surface area contributed by atoms with Gasteiger partial charge in [-0.2, -0.15) is 4.39 Å². The fourth-order valence-corrected chi connectivity index (χ4v) is 2.08. The molecule has 2 N–H and O–H groups in total. The number of hydrogen-bond acceptors (Lipinski definition) is 6. The van der Waals surface area contributed by atoms with Crippen LogP contribution in [0.25, 0.3) is 0 Å². The number of rotatable bonds is 4. The van der Waals surface area contributed by atoms with Gasteiger partial charge in [-0.05, 0) is 19.1 Å². The highest BCUT2D eigenvalue weighted by Gasteiger charge is 2.15. The summed E-state index contributed by atoms with van der Waals surface area (Å²) in [6.07, 6.45) is 1.27. The van der Waals surface area contributed by atoms with Crippen molar-refractivity contribution in [1.82, 2.24) is 15.4 Å². The molecule has 0 saturated heterocycles. The minimum absolute atomic E-state index is 0.345. The number of hydrazine groups is 1. The van der Waals surface area contributed by atoms with Crippen molar-refractivity contribution in [2.45, 2.75) is 6.92 Å². The predicted octanol–water partition coefficient (Wildman–Crippen LogP) is 1.75. The fraction of sp³-hybridized carbons (Fsp3) is 0.182. The lowest BCUT2D eigenvalue weighted by Gasteiger charge is -2.06. The number of thiazole rings is 1. The largest absolute Gasteiger partial charge is 0.473 e. The van der Waals surface area contributed by atoms with E-state index in [-0.39, 0.29) is 5.91 Å². The zero-order chi connectivity index (χ0) is 13.8. The van der Waals surface area contributed by atoms with Gasteiger partial charge in [-0.3, -0.25) is 15.6 Å². The predicted molar refractivity (Wildman–Crippen MR) is 68.7 cm³/mol. The molecule has 0 radical (unpaired) electrons. The molecule has 2 aromatic heterocycles. The highest BCUT2D eigenvalue weighted by Crippen LogP contribution is 2.23. The highest BCUT2D eigenvalue weighted by atomic mass is 32.1. The Hall–Kier alpha value is -2.22. The number of aryl methyl sites for hydroxylation is 1. The zero-order valence-corrected chi connectivity index (χ0v) is 11.0. The van der Waals surface area contributed by atoms with E-state index in [0.29, 0.717) is 21.5 Å². The molecule has 0 aliphatic carbocycles. The second-order valence-corrected chi connectivity index (χ2v) is 4.51. The summed E-state index contributed by atoms with van der Waals surface area (Å²) in [5.41, 5.74) is 6.17. The number of amides is 1. The summed E-state index contributed by atoms with van der Waals surface area (Å²) in [6, 6.07) is 2.65. The third-order valence-electron chi connectivity index (χ3n) is 2.21. The van der Waals surface area contributed by atoms with Crippen molar-refractivity contribution in [1.29, 1.82) is 0 Å². The Balaban J connectivity index is 2.01. The molecule has 0 aliphatic rings. The van der Waals surface area contributed by atoms with E-state index in [9.17, 15) is 9.18 Å². The first-order valence-electron chi connectivity index (χ1n) is 5.29. The quantitative estimate of drug-likeness (QED) is 0.660. The smallest absolute Gasteiger partial charge is 0.281 e. The van der Waals surface area contributed by atoms with Crippen LogP contribution in [-0.4, -0.2) is 23.0 Å². The number of aromatic nitrogens is 2. The molecule has 0 atom stereocenters. The minimum Gasteiger partial charge on any atom is -0.473 e. The molecule has 0 bridgehead atoms. The van der Waals surface area contributed by atoms with Gasteiger partial charge in [0.05, 0.1) is 24.7 Å². The van der Waals surface area contributed by atoms with Crippen molar-refractivity contribution in [2.24, 2.45) is 0 Å². The van der Waals surface area contributed by atoms with E-state index in [4.69, 9.17) is 4.74 Å². The number of nitrogens with one attached hydrogen (secondary N) is 2. The van der Waals surface area contributed by atoms with E-state index >= 15 is 0 Å². The molecule has 0 aromatic carbocycles. The second-order valence-electron chi connectivity index (χ2n) is 3.55. The highest BCUT2D eigenvalue weighted by molar-refractivity contribution is 7.15. The topological polar surface area (TPSA) is 76.1 Å². The number of nitrogens with zero attached hydrogens (tertiary/aromatic N) is 2. The minimum atomic E-state index is -0.583. The molecule has 0 aliphatic heterocycles. The first-order chi connectivity index (χ1) is 9.10. The third kappa shape index (κ3) is 3.16. The SMILES string of the molecule is COc1nc(C)c(C(=O)NNc2ccc(F)nc2)s1. The zero-order valence-electron chi connectivity index (χ0n) is 10.2. The molecular formula is C11H11FN4O2S. The van der Waals surface area contributed by atoms with Crippen molar-refractivity contribution >= 4 is 22.9 Å². The van der Waals surface area contributed by atoms with Gasteiger partial charge < -0.3 is 4.74 Å². The van der Waals surface area contributed by atoms with E-state index in [1.54, 1.807) is 6.92 Å². The molecule has 8 heteroatoms. The maximum absolute atomic E-state index is 12.6. The molecule has 0 spiro atoms. The van der Waals surface area contributed by atoms with Crippen LogP contribution in [0.2, 0.25) is 0 Å². The summed E-state index contributed by atoms with van der Waals surface area (Å²) in [5, 5.41) is 0.422. The Bertz CT molecular complexity index is 585. The summed E-state index contributed by atoms with van der Waals surface area (Å²) < 4.78 is 17.6. The van der Waals surface area contributed by atoms with Gasteiger partial charge in [0.1, 0.15) is 4.88 Å². The van der Waals surface area contributed by atoms with Crippen LogP contribution in [0, 0.1) is 12.9 Å². The monoisotopic (exact) mass is 282 g/mol. The van der Waals surface area contributed by atoms with E-state index in [1.807, 2.05) is 0 Å². The first kappa shape index (κ1) is 13.2. The maximum Gasteiger partial charge on any atom is 0.281 e. The molecule has 0 fully saturated rings. The number of ether oxygens (including phenoxy) is 1. The lowest BCUT2D eigenvalue weighted by atomic mass is 10.4. The summed E-state index contributed by atoms with van der Waals surface area (Å²) >= 11 is 1.14. The number of hydrogen-bond donors (Lipinski definition) is 2. The summed E-state index contributed by atoms with van der Waals surface area (Å²) in [5.74, 6) is -0.928. The molecule has 19 heavy (non-hydrogen) atoms. The fourth-order valence-electron chi connectivity index (χ4n) is 1.31. The Morgan fingerprint density at radius 2 is 2.26 bits per heavy atom. The van der Waals surface area contributed by atoms with Crippen molar-refractivity contribution < 1.29 is 13.9 Å². The van der Waals surface area contributed by atoms with Crippen molar-refractivity contribution in [3.05, 3.63) is 34.8 Å². The standard InChI is InChI=1S/C11H11FN4O2S/c1-6-9(19-11(14-6)18-2)10(17)16-15-7-3-4-8(12)13-5-7/h3-5,15H,1-2H3,(H,16,17). The van der Waals surface area contributed by atoms with Gasteiger partial charge in [0.15, 0.2) is 0 Å². The number of halogens is 1. The van der Waals surface area contributed by atoms with Gasteiger partial charge in [-0.25, -0.2) is 9.97 Å². The van der Waals surface area contributed by atoms with Gasteiger partial charge in [0.2, 0.25) is 5.95 Å². The van der Waals surface area contributed by atoms with E-state index in [0.717, 1.165) is 11.3 Å². The molecule has 2 aromatic rings. The molecule has 0 unspecified atom stereocenters. The summed E-state index contributed by atoms with van der Waals surface area (Å²) in [4.78, 5) is 19.8. The lowest BCUT2D eigenvalue weighted by Crippen LogP contribution is -2.29. The average molecular weight is 282 g/mol. The molecule has 0 saturated carbocycles. The van der Waals surface area contributed by atoms with E-state index in [2.05, 4.69) is 20.8 Å². The van der Waals surface area contributed by atoms with Gasteiger partial charge in [0, 0.05) is 0 Å². The Labute approximate surface area is 112 Å². The second kappa shape index (κ2) is 5.61. The van der Waals surface area contributed by atoms with Crippen LogP contribution >= 0.6 is 11.3 Å². The van der Waals surface area contributed by atoms with Gasteiger partial charge >= 0.3 is 0 Å². The van der Waals surface area contributed by atoms with Gasteiger partial charge in [0.25, 0.3) is 11.1 Å². The maximum atomic E-state index is 12.6. The molecule has 2 rings (SSSR count). The molecule has 100 valence electrons. The third-order valence-corrected chi connectivity index (χ3v) is 3.32. The molecule has 1 amide bonds. The number of carbonyl (C=O) groups excluding carboxylic acids is 1. The van der Waals surface area contributed by atoms with Crippen LogP contribution < -0.4 is 15.6 Å². The Kier molecular flexibility index (Phi) is 3.91. The van der Waals surface area contributed by atoms with Crippen LogP contribution in [0.3, 0.4) is 0 Å². The Morgan fingerprint density at radius 1 is 1.47 bits per heavy atom. The van der Waals surface area contributed by atoms with Crippen LogP contribution in [0.1, 0.15) is 15.4 Å². The number of anilines is 1. The molecular weight excluding hydrogens is 271 g/mol. The summed E-state index contributed by atoms with van der Waals surface area (Å²) in [6.45, 7) is 1.72. The van der Waals surface area contributed by atoms with Crippen LogP contribution in [0.15, 0.2) is 18.3 Å². The Morgan fingerprint density at radius 3 is 2.84 bits per heavy atom. The average Bonchev–Trinajstić information content (AvgIpc) is 2.79. The van der Waals surface area contributed by atoms with Gasteiger partial charge in [-0.15, -0.1) is 0 Å². The van der Waals surface area contributed by atoms with Crippen molar-refractivity contribution in [3.8, 4) is 5.19 Å². The van der Waals surface area contributed by atoms with E-state index < -0.39 is 5.95 Å². The van der Waals surface area contributed by atoms with Crippen molar-refractivity contribution in [3.63, 3.8) is 0 Å². The molecule has 6 nitrogen and oxygen atoms in total. The van der Waals surface area contributed by atoms with Gasteiger partial charge in [-0.1, -0.05) is 11.3 Å². The lowest BCUT2D eigenvalue weighted by molar-refractivity contribution is 0.0966. The first-order valence-corrected chi connectivity index (χ1v) is 6.11. The van der Waals surface area contributed by atoms with Crippen LogP contribution in [0.5, 0.6) is 5.19 Å².